The predicted molar refractivity (Wildman–Crippen MR) is 187 cm³/mol. The second-order valence-electron chi connectivity index (χ2n) is 12.7. The lowest BCUT2D eigenvalue weighted by molar-refractivity contribution is -0.160. The highest BCUT2D eigenvalue weighted by Crippen LogP contribution is 2.43. The van der Waals surface area contributed by atoms with E-state index < -0.39 is 63.8 Å². The van der Waals surface area contributed by atoms with E-state index in [1.165, 1.54) is 5.01 Å². The van der Waals surface area contributed by atoms with Crippen molar-refractivity contribution in [1.82, 2.24) is 24.9 Å². The smallest absolute Gasteiger partial charge is 0.433 e. The van der Waals surface area contributed by atoms with Gasteiger partial charge in [-0.15, -0.1) is 12.4 Å². The summed E-state index contributed by atoms with van der Waals surface area (Å²) in [4.78, 5) is 37.0. The van der Waals surface area contributed by atoms with E-state index in [0.29, 0.717) is 75.4 Å². The zero-order valence-electron chi connectivity index (χ0n) is 28.4. The molecule has 0 bridgehead atoms. The molecule has 2 amide bonds. The minimum atomic E-state index is -4.95. The highest BCUT2D eigenvalue weighted by Gasteiger charge is 2.53. The molecule has 0 aliphatic carbocycles. The van der Waals surface area contributed by atoms with Crippen LogP contribution in [0.1, 0.15) is 36.7 Å². The summed E-state index contributed by atoms with van der Waals surface area (Å²) in [5.74, 6) is -2.34. The Morgan fingerprint density at radius 2 is 1.67 bits per heavy atom. The van der Waals surface area contributed by atoms with Crippen molar-refractivity contribution in [3.63, 3.8) is 0 Å². The lowest BCUT2D eigenvalue weighted by Gasteiger charge is -2.46. The molecule has 292 valence electrons. The molecule has 2 N–H and O–H groups in total. The summed E-state index contributed by atoms with van der Waals surface area (Å²) in [6, 6.07) is 5.90. The van der Waals surface area contributed by atoms with Gasteiger partial charge in [0, 0.05) is 43.5 Å². The van der Waals surface area contributed by atoms with Gasteiger partial charge in [0.25, 0.3) is 11.8 Å². The molecule has 3 aliphatic rings. The van der Waals surface area contributed by atoms with Crippen LogP contribution in [0.15, 0.2) is 53.9 Å². The van der Waals surface area contributed by atoms with Crippen molar-refractivity contribution in [3.05, 3.63) is 80.9 Å². The molecule has 1 atom stereocenters. The first-order valence-corrected chi connectivity index (χ1v) is 17.1. The number of aromatic nitrogens is 2. The first-order valence-electron chi connectivity index (χ1n) is 16.3. The van der Waals surface area contributed by atoms with E-state index in [4.69, 9.17) is 32.7 Å². The van der Waals surface area contributed by atoms with Crippen molar-refractivity contribution in [2.45, 2.75) is 44.2 Å². The van der Waals surface area contributed by atoms with Crippen LogP contribution in [0.4, 0.5) is 32.0 Å². The fourth-order valence-electron chi connectivity index (χ4n) is 6.45. The second-order valence-corrected chi connectivity index (χ2v) is 13.5. The summed E-state index contributed by atoms with van der Waals surface area (Å²) in [5.41, 5.74) is -5.60. The van der Waals surface area contributed by atoms with Crippen LogP contribution < -0.4 is 10.1 Å². The highest BCUT2D eigenvalue weighted by molar-refractivity contribution is 6.36. The number of hydrogen-bond acceptors (Lipinski definition) is 9. The molecule has 0 saturated carbocycles. The van der Waals surface area contributed by atoms with Crippen molar-refractivity contribution in [2.24, 2.45) is 0 Å². The van der Waals surface area contributed by atoms with Crippen LogP contribution in [0.2, 0.25) is 10.0 Å². The van der Waals surface area contributed by atoms with E-state index in [1.54, 1.807) is 24.1 Å². The van der Waals surface area contributed by atoms with Gasteiger partial charge < -0.3 is 19.9 Å². The van der Waals surface area contributed by atoms with Crippen molar-refractivity contribution in [2.75, 3.05) is 51.3 Å². The third-order valence-electron chi connectivity index (χ3n) is 9.28. The molecular weight excluding hydrogens is 793 g/mol. The molecule has 0 radical (unpaired) electrons. The molecule has 3 aliphatic heterocycles. The molecule has 0 unspecified atom stereocenters. The van der Waals surface area contributed by atoms with Gasteiger partial charge in [-0.3, -0.25) is 24.5 Å². The SMILES string of the molecule is C[C@]12CCCN1N(Cc1c(Cl)cc(OCCN3CCOCC3)cc1Cl)C(=O)C(C(=O)Nc1ccc(C(F)(F)F)nc1-c1ccc(C(F)(F)F)nc1)=C2O.Cl. The maximum absolute atomic E-state index is 14.1. The molecule has 2 aromatic heterocycles. The number of aliphatic hydroxyl groups excluding tert-OH is 1. The summed E-state index contributed by atoms with van der Waals surface area (Å²) >= 11 is 13.3. The number of pyridine rings is 2. The van der Waals surface area contributed by atoms with Gasteiger partial charge in [0.1, 0.15) is 35.1 Å². The van der Waals surface area contributed by atoms with Gasteiger partial charge >= 0.3 is 12.4 Å². The molecule has 2 fully saturated rings. The number of hydrogen-bond donors (Lipinski definition) is 2. The lowest BCUT2D eigenvalue weighted by Crippen LogP contribution is -2.60. The van der Waals surface area contributed by atoms with Crippen molar-refractivity contribution in [1.29, 1.82) is 0 Å². The Morgan fingerprint density at radius 1 is 1.02 bits per heavy atom. The number of nitrogens with one attached hydrogen (secondary N) is 1. The van der Waals surface area contributed by atoms with Gasteiger partial charge in [0.05, 0.1) is 46.7 Å². The average Bonchev–Trinajstić information content (AvgIpc) is 3.50. The average molecular weight is 826 g/mol. The maximum atomic E-state index is 14.1. The largest absolute Gasteiger partial charge is 0.509 e. The maximum Gasteiger partial charge on any atom is 0.433 e. The van der Waals surface area contributed by atoms with Gasteiger partial charge in [0.2, 0.25) is 0 Å². The second kappa shape index (κ2) is 16.1. The summed E-state index contributed by atoms with van der Waals surface area (Å²) in [6.07, 6.45) is -8.28. The number of morpholine rings is 1. The summed E-state index contributed by atoms with van der Waals surface area (Å²) in [6.45, 7) is 5.57. The fourth-order valence-corrected chi connectivity index (χ4v) is 7.04. The van der Waals surface area contributed by atoms with Crippen LogP contribution in [-0.2, 0) is 33.2 Å². The first-order chi connectivity index (χ1) is 25.0. The van der Waals surface area contributed by atoms with E-state index in [1.807, 2.05) is 0 Å². The van der Waals surface area contributed by atoms with E-state index in [2.05, 4.69) is 20.2 Å². The number of amides is 2. The predicted octanol–water partition coefficient (Wildman–Crippen LogP) is 7.18. The van der Waals surface area contributed by atoms with Gasteiger partial charge in [-0.05, 0) is 56.2 Å². The number of rotatable bonds is 9. The lowest BCUT2D eigenvalue weighted by atomic mass is 9.90. The molecular formula is C34H33Cl3F6N6O5. The third kappa shape index (κ3) is 8.50. The topological polar surface area (TPSA) is 120 Å². The number of alkyl halides is 6. The Bertz CT molecular complexity index is 1900. The Kier molecular flexibility index (Phi) is 12.3. The summed E-state index contributed by atoms with van der Waals surface area (Å²) < 4.78 is 91.6. The number of carbonyl (C=O) groups excluding carboxylic acids is 2. The Labute approximate surface area is 321 Å². The number of aliphatic hydroxyl groups is 1. The number of carbonyl (C=O) groups is 2. The number of fused-ring (bicyclic) bond motifs is 1. The van der Waals surface area contributed by atoms with Crippen molar-refractivity contribution >= 4 is 53.1 Å². The van der Waals surface area contributed by atoms with Gasteiger partial charge in [-0.2, -0.15) is 26.3 Å². The molecule has 1 aromatic carbocycles. The molecule has 54 heavy (non-hydrogen) atoms. The zero-order valence-corrected chi connectivity index (χ0v) is 30.7. The molecule has 5 heterocycles. The number of halogens is 9. The summed E-state index contributed by atoms with van der Waals surface area (Å²) in [7, 11) is 0. The quantitative estimate of drug-likeness (QED) is 0.171. The molecule has 20 heteroatoms. The number of hydrazine groups is 1. The van der Waals surface area contributed by atoms with Crippen molar-refractivity contribution < 1.29 is 50.5 Å². The molecule has 0 spiro atoms. The number of ether oxygens (including phenoxy) is 2. The van der Waals surface area contributed by atoms with E-state index in [-0.39, 0.29) is 34.6 Å². The molecule has 11 nitrogen and oxygen atoms in total. The molecule has 2 saturated heterocycles. The van der Waals surface area contributed by atoms with Crippen LogP contribution >= 0.6 is 35.6 Å². The normalized spacial score (nSPS) is 19.8. The van der Waals surface area contributed by atoms with Gasteiger partial charge in [0.15, 0.2) is 0 Å². The minimum absolute atomic E-state index is 0. The van der Waals surface area contributed by atoms with Crippen LogP contribution in [0, 0.1) is 0 Å². The van der Waals surface area contributed by atoms with Gasteiger partial charge in [-0.1, -0.05) is 23.2 Å². The molecule has 3 aromatic rings. The Morgan fingerprint density at radius 3 is 2.28 bits per heavy atom. The number of nitrogens with zero attached hydrogens (tertiary/aromatic N) is 5. The molecule has 6 rings (SSSR count). The van der Waals surface area contributed by atoms with Crippen LogP contribution in [0.25, 0.3) is 11.3 Å². The number of anilines is 1. The van der Waals surface area contributed by atoms with Crippen LogP contribution in [0.3, 0.4) is 0 Å². The van der Waals surface area contributed by atoms with Crippen LogP contribution in [0.5, 0.6) is 5.75 Å². The van der Waals surface area contributed by atoms with E-state index in [0.717, 1.165) is 25.2 Å². The summed E-state index contributed by atoms with van der Waals surface area (Å²) in [5, 5.41) is 16.9. The Hall–Kier alpha value is -3.87. The van der Waals surface area contributed by atoms with Gasteiger partial charge in [-0.25, -0.2) is 9.99 Å². The zero-order chi connectivity index (χ0) is 38.3. The van der Waals surface area contributed by atoms with Crippen molar-refractivity contribution in [3.8, 4) is 17.0 Å². The number of benzene rings is 1. The monoisotopic (exact) mass is 824 g/mol. The standard InChI is InChI=1S/C34H32Cl2F6N6O5.ClH/c1-32-7-2-8-48(32)47(18-21-22(35)15-20(16-23(21)36)53-14-11-46-9-12-52-13-10-46)31(51)27(29(32)49)30(50)44-24-4-6-26(34(40,41)42)45-28(24)19-3-5-25(43-17-19)33(37,38)39;/h3-6,15-17,49H,2,7-14,18H2,1H3,(H,44,50);1H/t32-;/m1./s1. The first kappa shape index (κ1) is 41.3. The van der Waals surface area contributed by atoms with E-state index in [9.17, 15) is 41.0 Å². The van der Waals surface area contributed by atoms with Crippen LogP contribution in [-0.4, -0.2) is 93.3 Å². The minimum Gasteiger partial charge on any atom is -0.509 e. The Balaban J connectivity index is 0.00000561. The third-order valence-corrected chi connectivity index (χ3v) is 9.95. The van der Waals surface area contributed by atoms with E-state index >= 15 is 0 Å². The highest BCUT2D eigenvalue weighted by atomic mass is 35.5. The fraction of sp³-hybridized carbons (Fsp3) is 0.412.